The van der Waals surface area contributed by atoms with Crippen molar-refractivity contribution in [1.29, 1.82) is 0 Å². The predicted molar refractivity (Wildman–Crippen MR) is 91.1 cm³/mol. The molecule has 0 aliphatic heterocycles. The highest BCUT2D eigenvalue weighted by Gasteiger charge is 2.14. The summed E-state index contributed by atoms with van der Waals surface area (Å²) in [4.78, 5) is 4.36. The first-order valence-electron chi connectivity index (χ1n) is 7.54. The lowest BCUT2D eigenvalue weighted by Gasteiger charge is -2.15. The number of anilines is 3. The van der Waals surface area contributed by atoms with Gasteiger partial charge in [-0.15, -0.1) is 5.10 Å². The maximum atomic E-state index is 6.07. The van der Waals surface area contributed by atoms with Gasteiger partial charge in [-0.05, 0) is 44.2 Å². The van der Waals surface area contributed by atoms with E-state index in [2.05, 4.69) is 15.4 Å². The average Bonchev–Trinajstić information content (AvgIpc) is 3.01. The van der Waals surface area contributed by atoms with Crippen LogP contribution in [-0.2, 0) is 6.42 Å². The number of nitrogens with two attached hydrogens (primary N) is 2. The van der Waals surface area contributed by atoms with Gasteiger partial charge in [-0.25, -0.2) is 9.50 Å². The van der Waals surface area contributed by atoms with Crippen molar-refractivity contribution in [1.82, 2.24) is 14.6 Å². The van der Waals surface area contributed by atoms with Crippen LogP contribution in [-0.4, -0.2) is 27.7 Å². The molecule has 2 aromatic heterocycles. The number of nitrogens with one attached hydrogen (secondary N) is 1. The van der Waals surface area contributed by atoms with Crippen LogP contribution in [0.3, 0.4) is 0 Å². The Labute approximate surface area is 134 Å². The summed E-state index contributed by atoms with van der Waals surface area (Å²) in [5, 5.41) is 7.69. The molecule has 120 valence electrons. The highest BCUT2D eigenvalue weighted by molar-refractivity contribution is 5.80. The Hall–Kier alpha value is -2.80. The fourth-order valence-corrected chi connectivity index (χ4v) is 2.47. The van der Waals surface area contributed by atoms with Crippen molar-refractivity contribution in [2.75, 3.05) is 24.2 Å². The van der Waals surface area contributed by atoms with Crippen LogP contribution in [0.1, 0.15) is 12.5 Å². The number of nitrogens with zero attached hydrogens (tertiary/aromatic N) is 3. The van der Waals surface area contributed by atoms with Crippen molar-refractivity contribution in [3.05, 3.63) is 42.2 Å². The zero-order valence-corrected chi connectivity index (χ0v) is 13.0. The maximum absolute atomic E-state index is 6.07. The molecule has 0 atom stereocenters. The zero-order chi connectivity index (χ0) is 16.2. The summed E-state index contributed by atoms with van der Waals surface area (Å²) in [6.07, 6.45) is 4.08. The third-order valence-corrected chi connectivity index (χ3v) is 3.50. The molecular weight excluding hydrogens is 292 g/mol. The standard InChI is InChI=1S/C16H20N6O/c1-2-23-12-5-3-11(4-6-12)20-14-13(7-8-17)15(18)21-22-10-9-19-16(14)22/h3-6,9-10,20H,2,7-8,17H2,1H3,(H2,18,21). The second kappa shape index (κ2) is 6.53. The van der Waals surface area contributed by atoms with Gasteiger partial charge < -0.3 is 21.5 Å². The summed E-state index contributed by atoms with van der Waals surface area (Å²) in [5.74, 6) is 1.29. The Balaban J connectivity index is 2.00. The van der Waals surface area contributed by atoms with Crippen LogP contribution in [0.5, 0.6) is 5.75 Å². The van der Waals surface area contributed by atoms with Gasteiger partial charge in [0.1, 0.15) is 11.6 Å². The Morgan fingerprint density at radius 2 is 2.04 bits per heavy atom. The molecule has 2 heterocycles. The average molecular weight is 312 g/mol. The summed E-state index contributed by atoms with van der Waals surface area (Å²) < 4.78 is 7.12. The maximum Gasteiger partial charge on any atom is 0.177 e. The minimum absolute atomic E-state index is 0.453. The van der Waals surface area contributed by atoms with Crippen molar-refractivity contribution in [2.45, 2.75) is 13.3 Å². The van der Waals surface area contributed by atoms with E-state index in [0.717, 1.165) is 28.3 Å². The molecule has 23 heavy (non-hydrogen) atoms. The predicted octanol–water partition coefficient (Wildman–Crippen LogP) is 1.95. The van der Waals surface area contributed by atoms with Crippen LogP contribution in [0.25, 0.3) is 5.65 Å². The van der Waals surface area contributed by atoms with Crippen molar-refractivity contribution >= 4 is 22.8 Å². The third-order valence-electron chi connectivity index (χ3n) is 3.50. The molecule has 1 aromatic carbocycles. The highest BCUT2D eigenvalue weighted by Crippen LogP contribution is 2.29. The van der Waals surface area contributed by atoms with Gasteiger partial charge in [0.05, 0.1) is 12.3 Å². The van der Waals surface area contributed by atoms with Crippen LogP contribution < -0.4 is 21.5 Å². The van der Waals surface area contributed by atoms with Crippen LogP contribution in [0.15, 0.2) is 36.7 Å². The monoisotopic (exact) mass is 312 g/mol. The van der Waals surface area contributed by atoms with Crippen molar-refractivity contribution in [3.63, 3.8) is 0 Å². The second-order valence-electron chi connectivity index (χ2n) is 5.06. The molecule has 0 bridgehead atoms. The zero-order valence-electron chi connectivity index (χ0n) is 13.0. The van der Waals surface area contributed by atoms with Crippen LogP contribution in [0.4, 0.5) is 17.2 Å². The summed E-state index contributed by atoms with van der Waals surface area (Å²) in [5.41, 5.74) is 15.1. The van der Waals surface area contributed by atoms with E-state index < -0.39 is 0 Å². The van der Waals surface area contributed by atoms with E-state index in [9.17, 15) is 0 Å². The summed E-state index contributed by atoms with van der Waals surface area (Å²) in [6, 6.07) is 7.74. The molecule has 0 spiro atoms. The van der Waals surface area contributed by atoms with Crippen molar-refractivity contribution < 1.29 is 4.74 Å². The molecule has 0 unspecified atom stereocenters. The van der Waals surface area contributed by atoms with Gasteiger partial charge in [0.15, 0.2) is 5.65 Å². The minimum Gasteiger partial charge on any atom is -0.494 e. The molecule has 0 amide bonds. The van der Waals surface area contributed by atoms with Gasteiger partial charge in [-0.3, -0.25) is 0 Å². The fourth-order valence-electron chi connectivity index (χ4n) is 2.47. The highest BCUT2D eigenvalue weighted by atomic mass is 16.5. The van der Waals surface area contributed by atoms with Crippen molar-refractivity contribution in [2.24, 2.45) is 5.73 Å². The Morgan fingerprint density at radius 1 is 1.26 bits per heavy atom. The summed E-state index contributed by atoms with van der Waals surface area (Å²) in [7, 11) is 0. The quantitative estimate of drug-likeness (QED) is 0.643. The molecule has 3 rings (SSSR count). The number of nitrogen functional groups attached to an aromatic ring is 1. The number of hydrogen-bond acceptors (Lipinski definition) is 6. The van der Waals surface area contributed by atoms with Gasteiger partial charge in [0.2, 0.25) is 0 Å². The first kappa shape index (κ1) is 15.1. The SMILES string of the molecule is CCOc1ccc(Nc2c(CCN)c(N)nn3ccnc23)cc1. The van der Waals surface area contributed by atoms with E-state index in [1.165, 1.54) is 0 Å². The number of imidazole rings is 1. The van der Waals surface area contributed by atoms with Gasteiger partial charge >= 0.3 is 0 Å². The first-order chi connectivity index (χ1) is 11.2. The molecule has 0 fully saturated rings. The van der Waals surface area contributed by atoms with Crippen LogP contribution >= 0.6 is 0 Å². The number of rotatable bonds is 6. The third kappa shape index (κ3) is 3.04. The topological polar surface area (TPSA) is 103 Å². The Kier molecular flexibility index (Phi) is 4.29. The minimum atomic E-state index is 0.453. The normalized spacial score (nSPS) is 10.9. The molecule has 0 radical (unpaired) electrons. The summed E-state index contributed by atoms with van der Waals surface area (Å²) >= 11 is 0. The van der Waals surface area contributed by atoms with E-state index in [0.29, 0.717) is 25.4 Å². The van der Waals surface area contributed by atoms with Gasteiger partial charge in [-0.2, -0.15) is 0 Å². The van der Waals surface area contributed by atoms with Gasteiger partial charge in [0, 0.05) is 23.6 Å². The van der Waals surface area contributed by atoms with E-state index in [1.807, 2.05) is 31.2 Å². The number of aromatic nitrogens is 3. The lowest BCUT2D eigenvalue weighted by molar-refractivity contribution is 0.340. The molecule has 7 nitrogen and oxygen atoms in total. The van der Waals surface area contributed by atoms with Gasteiger partial charge in [0.25, 0.3) is 0 Å². The molecule has 0 aliphatic carbocycles. The number of hydrogen-bond donors (Lipinski definition) is 3. The van der Waals surface area contributed by atoms with Crippen LogP contribution in [0.2, 0.25) is 0 Å². The van der Waals surface area contributed by atoms with E-state index in [4.69, 9.17) is 16.2 Å². The van der Waals surface area contributed by atoms with Crippen molar-refractivity contribution in [3.8, 4) is 5.75 Å². The number of fused-ring (bicyclic) bond motifs is 1. The first-order valence-corrected chi connectivity index (χ1v) is 7.54. The van der Waals surface area contributed by atoms with Crippen LogP contribution in [0, 0.1) is 0 Å². The second-order valence-corrected chi connectivity index (χ2v) is 5.06. The molecule has 7 heteroatoms. The summed E-state index contributed by atoms with van der Waals surface area (Å²) in [6.45, 7) is 3.09. The number of benzene rings is 1. The largest absolute Gasteiger partial charge is 0.494 e. The van der Waals surface area contributed by atoms with E-state index in [1.54, 1.807) is 16.9 Å². The lowest BCUT2D eigenvalue weighted by atomic mass is 10.1. The molecule has 5 N–H and O–H groups in total. The molecule has 0 saturated heterocycles. The molecule has 0 aliphatic rings. The lowest BCUT2D eigenvalue weighted by Crippen LogP contribution is -2.12. The number of ether oxygens (including phenoxy) is 1. The molecule has 3 aromatic rings. The Morgan fingerprint density at radius 3 is 2.74 bits per heavy atom. The van der Waals surface area contributed by atoms with Gasteiger partial charge in [-0.1, -0.05) is 0 Å². The Bertz CT molecular complexity index is 796. The molecular formula is C16H20N6O. The smallest absolute Gasteiger partial charge is 0.177 e. The fraction of sp³-hybridized carbons (Fsp3) is 0.250. The van der Waals surface area contributed by atoms with E-state index >= 15 is 0 Å². The molecule has 0 saturated carbocycles. The van der Waals surface area contributed by atoms with E-state index in [-0.39, 0.29) is 0 Å².